The van der Waals surface area contributed by atoms with Crippen molar-refractivity contribution in [2.24, 2.45) is 0 Å². The Hall–Kier alpha value is -1.61. The van der Waals surface area contributed by atoms with Crippen molar-refractivity contribution in [3.05, 3.63) is 75.9 Å². The number of aromatic nitrogens is 1. The molecule has 0 saturated heterocycles. The van der Waals surface area contributed by atoms with Crippen LogP contribution in [0.1, 0.15) is 17.2 Å². The SMILES string of the molecule is CNC(c1cnc2ccccc2c1)c1ccc(Cl)cc1Cl. The lowest BCUT2D eigenvalue weighted by Crippen LogP contribution is -2.18. The smallest absolute Gasteiger partial charge is 0.0702 e. The van der Waals surface area contributed by atoms with Crippen molar-refractivity contribution in [2.45, 2.75) is 6.04 Å². The topological polar surface area (TPSA) is 24.9 Å². The summed E-state index contributed by atoms with van der Waals surface area (Å²) in [6.07, 6.45) is 1.88. The van der Waals surface area contributed by atoms with Crippen molar-refractivity contribution in [1.29, 1.82) is 0 Å². The van der Waals surface area contributed by atoms with E-state index in [1.165, 1.54) is 0 Å². The molecule has 4 heteroatoms. The molecule has 1 unspecified atom stereocenters. The van der Waals surface area contributed by atoms with Gasteiger partial charge in [-0.15, -0.1) is 0 Å². The van der Waals surface area contributed by atoms with E-state index < -0.39 is 0 Å². The second-order valence-electron chi connectivity index (χ2n) is 4.85. The molecule has 0 bridgehead atoms. The van der Waals surface area contributed by atoms with Gasteiger partial charge in [-0.05, 0) is 42.4 Å². The number of hydrogen-bond acceptors (Lipinski definition) is 2. The summed E-state index contributed by atoms with van der Waals surface area (Å²) in [6, 6.07) is 15.7. The van der Waals surface area contributed by atoms with E-state index in [0.717, 1.165) is 22.0 Å². The highest BCUT2D eigenvalue weighted by molar-refractivity contribution is 6.35. The number of halogens is 2. The number of nitrogens with one attached hydrogen (secondary N) is 1. The van der Waals surface area contributed by atoms with Crippen LogP contribution in [0.5, 0.6) is 0 Å². The molecule has 2 aromatic carbocycles. The molecule has 1 heterocycles. The predicted octanol–water partition coefficient (Wildman–Crippen LogP) is 4.85. The van der Waals surface area contributed by atoms with Gasteiger partial charge in [-0.3, -0.25) is 4.98 Å². The first-order valence-electron chi connectivity index (χ1n) is 6.66. The van der Waals surface area contributed by atoms with Crippen LogP contribution in [0.4, 0.5) is 0 Å². The first-order chi connectivity index (χ1) is 10.2. The van der Waals surface area contributed by atoms with Gasteiger partial charge in [-0.25, -0.2) is 0 Å². The zero-order chi connectivity index (χ0) is 14.8. The second kappa shape index (κ2) is 6.02. The van der Waals surface area contributed by atoms with E-state index >= 15 is 0 Å². The lowest BCUT2D eigenvalue weighted by molar-refractivity contribution is 0.690. The number of pyridine rings is 1. The fraction of sp³-hybridized carbons (Fsp3) is 0.118. The Morgan fingerprint density at radius 1 is 1.05 bits per heavy atom. The van der Waals surface area contributed by atoms with Gasteiger partial charge in [-0.2, -0.15) is 0 Å². The van der Waals surface area contributed by atoms with Crippen molar-refractivity contribution in [3.8, 4) is 0 Å². The van der Waals surface area contributed by atoms with Crippen LogP contribution in [0.25, 0.3) is 10.9 Å². The molecular weight excluding hydrogens is 303 g/mol. The standard InChI is InChI=1S/C17H14Cl2N2/c1-20-17(14-7-6-13(18)9-15(14)19)12-8-11-4-2-3-5-16(11)21-10-12/h2-10,17,20H,1H3. The Balaban J connectivity index is 2.09. The molecule has 1 N–H and O–H groups in total. The minimum absolute atomic E-state index is 0.0214. The molecular formula is C17H14Cl2N2. The maximum atomic E-state index is 6.33. The first kappa shape index (κ1) is 14.3. The Bertz CT molecular complexity index is 787. The third kappa shape index (κ3) is 2.88. The van der Waals surface area contributed by atoms with Gasteiger partial charge in [-0.1, -0.05) is 47.5 Å². The minimum atomic E-state index is -0.0214. The molecule has 0 aliphatic rings. The van der Waals surface area contributed by atoms with Gasteiger partial charge in [0, 0.05) is 21.6 Å². The van der Waals surface area contributed by atoms with Crippen LogP contribution >= 0.6 is 23.2 Å². The van der Waals surface area contributed by atoms with Crippen molar-refractivity contribution >= 4 is 34.1 Å². The molecule has 0 aliphatic heterocycles. The van der Waals surface area contributed by atoms with E-state index in [4.69, 9.17) is 23.2 Å². The summed E-state index contributed by atoms with van der Waals surface area (Å²) < 4.78 is 0. The van der Waals surface area contributed by atoms with Crippen LogP contribution in [0.15, 0.2) is 54.7 Å². The molecule has 1 aromatic heterocycles. The molecule has 1 atom stereocenters. The third-order valence-corrected chi connectivity index (χ3v) is 4.07. The highest BCUT2D eigenvalue weighted by Crippen LogP contribution is 2.31. The molecule has 0 saturated carbocycles. The van der Waals surface area contributed by atoms with Crippen LogP contribution < -0.4 is 5.32 Å². The first-order valence-corrected chi connectivity index (χ1v) is 7.41. The van der Waals surface area contributed by atoms with Crippen LogP contribution in [0.2, 0.25) is 10.0 Å². The van der Waals surface area contributed by atoms with E-state index in [0.29, 0.717) is 10.0 Å². The summed E-state index contributed by atoms with van der Waals surface area (Å²) in [5.74, 6) is 0. The Morgan fingerprint density at radius 2 is 1.86 bits per heavy atom. The van der Waals surface area contributed by atoms with Crippen molar-refractivity contribution < 1.29 is 0 Å². The molecule has 0 radical (unpaired) electrons. The maximum absolute atomic E-state index is 6.33. The van der Waals surface area contributed by atoms with Gasteiger partial charge < -0.3 is 5.32 Å². The summed E-state index contributed by atoms with van der Waals surface area (Å²) in [5, 5.41) is 5.69. The van der Waals surface area contributed by atoms with E-state index in [1.807, 2.05) is 43.6 Å². The zero-order valence-corrected chi connectivity index (χ0v) is 13.0. The van der Waals surface area contributed by atoms with Crippen molar-refractivity contribution in [3.63, 3.8) is 0 Å². The summed E-state index contributed by atoms with van der Waals surface area (Å²) in [5.41, 5.74) is 3.04. The molecule has 0 aliphatic carbocycles. The summed E-state index contributed by atoms with van der Waals surface area (Å²) in [4.78, 5) is 4.51. The molecule has 3 rings (SSSR count). The lowest BCUT2D eigenvalue weighted by atomic mass is 9.99. The molecule has 106 valence electrons. The Morgan fingerprint density at radius 3 is 2.62 bits per heavy atom. The van der Waals surface area contributed by atoms with Crippen LogP contribution in [-0.2, 0) is 0 Å². The largest absolute Gasteiger partial charge is 0.309 e. The molecule has 21 heavy (non-hydrogen) atoms. The third-order valence-electron chi connectivity index (χ3n) is 3.51. The molecule has 0 amide bonds. The van der Waals surface area contributed by atoms with Gasteiger partial charge >= 0.3 is 0 Å². The number of rotatable bonds is 3. The van der Waals surface area contributed by atoms with Crippen molar-refractivity contribution in [2.75, 3.05) is 7.05 Å². The summed E-state index contributed by atoms with van der Waals surface area (Å²) >= 11 is 12.3. The fourth-order valence-corrected chi connectivity index (χ4v) is 3.00. The Labute approximate surface area is 133 Å². The normalized spacial score (nSPS) is 12.5. The van der Waals surface area contributed by atoms with E-state index in [2.05, 4.69) is 22.4 Å². The number of fused-ring (bicyclic) bond motifs is 1. The highest BCUT2D eigenvalue weighted by Gasteiger charge is 2.16. The zero-order valence-electron chi connectivity index (χ0n) is 11.5. The minimum Gasteiger partial charge on any atom is -0.309 e. The predicted molar refractivity (Wildman–Crippen MR) is 89.1 cm³/mol. The van der Waals surface area contributed by atoms with Gasteiger partial charge in [0.05, 0.1) is 11.6 Å². The summed E-state index contributed by atoms with van der Waals surface area (Å²) in [6.45, 7) is 0. The monoisotopic (exact) mass is 316 g/mol. The average molecular weight is 317 g/mol. The number of hydrogen-bond donors (Lipinski definition) is 1. The highest BCUT2D eigenvalue weighted by atomic mass is 35.5. The average Bonchev–Trinajstić information content (AvgIpc) is 2.50. The molecule has 3 aromatic rings. The van der Waals surface area contributed by atoms with Gasteiger partial charge in [0.15, 0.2) is 0 Å². The fourth-order valence-electron chi connectivity index (χ4n) is 2.48. The van der Waals surface area contributed by atoms with Crippen molar-refractivity contribution in [1.82, 2.24) is 10.3 Å². The van der Waals surface area contributed by atoms with Crippen LogP contribution in [-0.4, -0.2) is 12.0 Å². The van der Waals surface area contributed by atoms with Gasteiger partial charge in [0.25, 0.3) is 0 Å². The van der Waals surface area contributed by atoms with E-state index in [-0.39, 0.29) is 6.04 Å². The molecule has 2 nitrogen and oxygen atoms in total. The molecule has 0 spiro atoms. The molecule has 0 fully saturated rings. The maximum Gasteiger partial charge on any atom is 0.0702 e. The second-order valence-corrected chi connectivity index (χ2v) is 5.69. The lowest BCUT2D eigenvalue weighted by Gasteiger charge is -2.19. The van der Waals surface area contributed by atoms with Gasteiger partial charge in [0.2, 0.25) is 0 Å². The number of benzene rings is 2. The van der Waals surface area contributed by atoms with Crippen LogP contribution in [0, 0.1) is 0 Å². The quantitative estimate of drug-likeness (QED) is 0.747. The number of nitrogens with zero attached hydrogens (tertiary/aromatic N) is 1. The van der Waals surface area contributed by atoms with Crippen LogP contribution in [0.3, 0.4) is 0 Å². The van der Waals surface area contributed by atoms with E-state index in [9.17, 15) is 0 Å². The van der Waals surface area contributed by atoms with E-state index in [1.54, 1.807) is 6.07 Å². The van der Waals surface area contributed by atoms with Gasteiger partial charge in [0.1, 0.15) is 0 Å². The number of para-hydroxylation sites is 1. The summed E-state index contributed by atoms with van der Waals surface area (Å²) in [7, 11) is 1.91. The Kier molecular flexibility index (Phi) is 4.11.